The van der Waals surface area contributed by atoms with Crippen molar-refractivity contribution in [3.05, 3.63) is 47.0 Å². The number of aliphatic carboxylic acids is 1. The fourth-order valence-corrected chi connectivity index (χ4v) is 2.91. The number of rotatable bonds is 3. The molecule has 1 aliphatic carbocycles. The van der Waals surface area contributed by atoms with Crippen LogP contribution in [0.4, 0.5) is 0 Å². The van der Waals surface area contributed by atoms with Crippen molar-refractivity contribution in [1.29, 1.82) is 0 Å². The lowest BCUT2D eigenvalue weighted by atomic mass is 9.93. The minimum Gasteiger partial charge on any atom is -0.480 e. The Labute approximate surface area is 124 Å². The first-order valence-electron chi connectivity index (χ1n) is 7.34. The maximum Gasteiger partial charge on any atom is 0.326 e. The molecule has 0 saturated heterocycles. The summed E-state index contributed by atoms with van der Waals surface area (Å²) in [5.41, 5.74) is 3.14. The second kappa shape index (κ2) is 5.35. The lowest BCUT2D eigenvalue weighted by Gasteiger charge is -2.34. The van der Waals surface area contributed by atoms with Crippen molar-refractivity contribution in [3.63, 3.8) is 0 Å². The molecule has 2 aliphatic rings. The van der Waals surface area contributed by atoms with E-state index in [0.717, 1.165) is 29.5 Å². The molecular weight excluding hydrogens is 266 g/mol. The molecule has 4 nitrogen and oxygen atoms in total. The number of nitrogens with zero attached hydrogens (tertiary/aromatic N) is 1. The van der Waals surface area contributed by atoms with Crippen LogP contribution in [-0.4, -0.2) is 27.9 Å². The van der Waals surface area contributed by atoms with Crippen LogP contribution in [0.5, 0.6) is 0 Å². The number of benzene rings is 1. The summed E-state index contributed by atoms with van der Waals surface area (Å²) >= 11 is 0. The number of fused-ring (bicyclic) bond motifs is 1. The first-order valence-corrected chi connectivity index (χ1v) is 7.34. The number of hydrogen-bond acceptors (Lipinski definition) is 2. The van der Waals surface area contributed by atoms with Gasteiger partial charge in [0.1, 0.15) is 6.04 Å². The fourth-order valence-electron chi connectivity index (χ4n) is 2.91. The van der Waals surface area contributed by atoms with Crippen LogP contribution in [0, 0.1) is 5.92 Å². The minimum atomic E-state index is -0.935. The Morgan fingerprint density at radius 3 is 2.52 bits per heavy atom. The third kappa shape index (κ3) is 2.84. The Morgan fingerprint density at radius 1 is 1.24 bits per heavy atom. The van der Waals surface area contributed by atoms with Gasteiger partial charge >= 0.3 is 5.97 Å². The molecule has 1 atom stereocenters. The number of carbonyl (C=O) groups excluding carboxylic acids is 1. The standard InChI is InChI=1S/C17H19NO3/c1-11(12-6-7-12)8-16(19)18-10-14-5-3-2-4-13(14)9-15(18)17(20)21/h2-5,8,12,15H,6-7,9-10H2,1H3,(H,20,21). The van der Waals surface area contributed by atoms with Gasteiger partial charge in [0.2, 0.25) is 5.91 Å². The van der Waals surface area contributed by atoms with Gasteiger partial charge in [-0.3, -0.25) is 4.79 Å². The molecule has 1 aromatic carbocycles. The lowest BCUT2D eigenvalue weighted by Crippen LogP contribution is -2.48. The van der Waals surface area contributed by atoms with E-state index in [1.807, 2.05) is 31.2 Å². The molecule has 1 fully saturated rings. The average molecular weight is 285 g/mol. The van der Waals surface area contributed by atoms with Crippen LogP contribution in [0.3, 0.4) is 0 Å². The molecule has 1 aromatic rings. The molecular formula is C17H19NO3. The third-order valence-corrected chi connectivity index (χ3v) is 4.39. The molecule has 1 unspecified atom stereocenters. The summed E-state index contributed by atoms with van der Waals surface area (Å²) in [7, 11) is 0. The Morgan fingerprint density at radius 2 is 1.90 bits per heavy atom. The highest BCUT2D eigenvalue weighted by Crippen LogP contribution is 2.36. The third-order valence-electron chi connectivity index (χ3n) is 4.39. The molecule has 1 saturated carbocycles. The summed E-state index contributed by atoms with van der Waals surface area (Å²) in [6.45, 7) is 2.34. The molecule has 0 radical (unpaired) electrons. The van der Waals surface area contributed by atoms with Gasteiger partial charge in [-0.15, -0.1) is 0 Å². The number of carbonyl (C=O) groups is 2. The smallest absolute Gasteiger partial charge is 0.326 e. The normalized spacial score (nSPS) is 21.9. The monoisotopic (exact) mass is 285 g/mol. The van der Waals surface area contributed by atoms with E-state index in [-0.39, 0.29) is 5.91 Å². The van der Waals surface area contributed by atoms with Crippen molar-refractivity contribution < 1.29 is 14.7 Å². The summed E-state index contributed by atoms with van der Waals surface area (Å²) in [6.07, 6.45) is 4.29. The van der Waals surface area contributed by atoms with Gasteiger partial charge in [0.05, 0.1) is 0 Å². The van der Waals surface area contributed by atoms with Crippen molar-refractivity contribution in [2.24, 2.45) is 5.92 Å². The maximum atomic E-state index is 12.5. The summed E-state index contributed by atoms with van der Waals surface area (Å²) in [4.78, 5) is 25.4. The Kier molecular flexibility index (Phi) is 3.53. The van der Waals surface area contributed by atoms with E-state index < -0.39 is 12.0 Å². The van der Waals surface area contributed by atoms with Crippen molar-refractivity contribution in [2.75, 3.05) is 0 Å². The van der Waals surface area contributed by atoms with Gasteiger partial charge in [0.25, 0.3) is 0 Å². The molecule has 110 valence electrons. The second-order valence-electron chi connectivity index (χ2n) is 5.96. The van der Waals surface area contributed by atoms with Crippen molar-refractivity contribution in [2.45, 2.75) is 38.8 Å². The zero-order chi connectivity index (χ0) is 15.0. The van der Waals surface area contributed by atoms with Gasteiger partial charge in [-0.25, -0.2) is 4.79 Å². The fraction of sp³-hybridized carbons (Fsp3) is 0.412. The van der Waals surface area contributed by atoms with Gasteiger partial charge in [-0.1, -0.05) is 29.8 Å². The molecule has 1 heterocycles. The topological polar surface area (TPSA) is 57.6 Å². The summed E-state index contributed by atoms with van der Waals surface area (Å²) in [5, 5.41) is 9.42. The van der Waals surface area contributed by atoms with E-state index in [1.54, 1.807) is 6.08 Å². The van der Waals surface area contributed by atoms with Crippen LogP contribution < -0.4 is 0 Å². The Bertz CT molecular complexity index is 616. The highest BCUT2D eigenvalue weighted by Gasteiger charge is 2.34. The van der Waals surface area contributed by atoms with Crippen LogP contribution in [0.1, 0.15) is 30.9 Å². The number of hydrogen-bond donors (Lipinski definition) is 1. The zero-order valence-electron chi connectivity index (χ0n) is 12.1. The average Bonchev–Trinajstić information content (AvgIpc) is 3.30. The van der Waals surface area contributed by atoms with E-state index in [9.17, 15) is 14.7 Å². The molecule has 0 aromatic heterocycles. The number of carboxylic acids is 1. The van der Waals surface area contributed by atoms with Crippen molar-refractivity contribution >= 4 is 11.9 Å². The van der Waals surface area contributed by atoms with E-state index >= 15 is 0 Å². The predicted octanol–water partition coefficient (Wildman–Crippen LogP) is 2.38. The van der Waals surface area contributed by atoms with Crippen LogP contribution in [0.25, 0.3) is 0 Å². The minimum absolute atomic E-state index is 0.179. The summed E-state index contributed by atoms with van der Waals surface area (Å²) in [6, 6.07) is 6.97. The van der Waals surface area contributed by atoms with E-state index in [0.29, 0.717) is 18.9 Å². The highest BCUT2D eigenvalue weighted by molar-refractivity contribution is 5.92. The van der Waals surface area contributed by atoms with Gasteiger partial charge in [-0.2, -0.15) is 0 Å². The molecule has 0 spiro atoms. The van der Waals surface area contributed by atoms with Crippen LogP contribution in [-0.2, 0) is 22.6 Å². The van der Waals surface area contributed by atoms with E-state index in [2.05, 4.69) is 0 Å². The molecule has 1 amide bonds. The van der Waals surface area contributed by atoms with Crippen LogP contribution in [0.2, 0.25) is 0 Å². The zero-order valence-corrected chi connectivity index (χ0v) is 12.1. The van der Waals surface area contributed by atoms with E-state index in [4.69, 9.17) is 0 Å². The molecule has 3 rings (SSSR count). The Balaban J connectivity index is 1.86. The number of allylic oxidation sites excluding steroid dienone is 1. The number of carboxylic acid groups (broad SMARTS) is 1. The van der Waals surface area contributed by atoms with Gasteiger partial charge in [0, 0.05) is 19.0 Å². The van der Waals surface area contributed by atoms with Crippen LogP contribution in [0.15, 0.2) is 35.9 Å². The van der Waals surface area contributed by atoms with Crippen molar-refractivity contribution in [3.8, 4) is 0 Å². The summed E-state index contributed by atoms with van der Waals surface area (Å²) in [5.74, 6) is -0.592. The van der Waals surface area contributed by atoms with Gasteiger partial charge in [0.15, 0.2) is 0 Å². The van der Waals surface area contributed by atoms with Crippen LogP contribution >= 0.6 is 0 Å². The molecule has 21 heavy (non-hydrogen) atoms. The first kappa shape index (κ1) is 13.9. The highest BCUT2D eigenvalue weighted by atomic mass is 16.4. The van der Waals surface area contributed by atoms with Gasteiger partial charge in [-0.05, 0) is 36.8 Å². The SMILES string of the molecule is CC(=CC(=O)N1Cc2ccccc2CC1C(=O)O)C1CC1. The lowest BCUT2D eigenvalue weighted by molar-refractivity contribution is -0.149. The number of amides is 1. The molecule has 4 heteroatoms. The summed E-state index contributed by atoms with van der Waals surface area (Å²) < 4.78 is 0. The predicted molar refractivity (Wildman–Crippen MR) is 78.6 cm³/mol. The largest absolute Gasteiger partial charge is 0.480 e. The second-order valence-corrected chi connectivity index (χ2v) is 5.96. The van der Waals surface area contributed by atoms with E-state index in [1.165, 1.54) is 4.90 Å². The Hall–Kier alpha value is -2.10. The quantitative estimate of drug-likeness (QED) is 0.867. The molecule has 0 bridgehead atoms. The first-order chi connectivity index (χ1) is 10.1. The van der Waals surface area contributed by atoms with Crippen molar-refractivity contribution in [1.82, 2.24) is 4.90 Å². The van der Waals surface area contributed by atoms with Gasteiger partial charge < -0.3 is 10.0 Å². The molecule has 1 N–H and O–H groups in total. The maximum absolute atomic E-state index is 12.5. The molecule has 1 aliphatic heterocycles.